The molecule has 5 heteroatoms. The van der Waals surface area contributed by atoms with E-state index in [0.29, 0.717) is 19.8 Å². The summed E-state index contributed by atoms with van der Waals surface area (Å²) in [5, 5.41) is 3.30. The van der Waals surface area contributed by atoms with Gasteiger partial charge in [-0.2, -0.15) is 0 Å². The van der Waals surface area contributed by atoms with E-state index in [0.717, 1.165) is 43.1 Å². The monoisotopic (exact) mass is 280 g/mol. The number of hydrogen-bond donors (Lipinski definition) is 1. The number of aryl methyl sites for hydroxylation is 1. The van der Waals surface area contributed by atoms with Gasteiger partial charge in [0.2, 0.25) is 0 Å². The third kappa shape index (κ3) is 4.74. The van der Waals surface area contributed by atoms with Crippen molar-refractivity contribution < 1.29 is 14.2 Å². The average Bonchev–Trinajstić information content (AvgIpc) is 2.96. The van der Waals surface area contributed by atoms with E-state index in [-0.39, 0.29) is 6.10 Å². The molecule has 1 aliphatic heterocycles. The molecule has 0 saturated carbocycles. The number of methoxy groups -OCH3 is 1. The van der Waals surface area contributed by atoms with E-state index in [1.165, 1.54) is 0 Å². The van der Waals surface area contributed by atoms with Gasteiger partial charge in [-0.1, -0.05) is 0 Å². The molecular weight excluding hydrogens is 256 g/mol. The second-order valence-electron chi connectivity index (χ2n) is 5.01. The topological polar surface area (TPSA) is 52.6 Å². The number of nitrogens with one attached hydrogen (secondary N) is 1. The first kappa shape index (κ1) is 15.2. The second-order valence-corrected chi connectivity index (χ2v) is 5.01. The lowest BCUT2D eigenvalue weighted by Gasteiger charge is -2.15. The first-order valence-electron chi connectivity index (χ1n) is 7.20. The molecule has 20 heavy (non-hydrogen) atoms. The molecule has 0 radical (unpaired) electrons. The lowest BCUT2D eigenvalue weighted by Crippen LogP contribution is -2.21. The molecule has 1 aromatic rings. The van der Waals surface area contributed by atoms with Gasteiger partial charge in [-0.15, -0.1) is 0 Å². The highest BCUT2D eigenvalue weighted by molar-refractivity contribution is 5.29. The molecule has 0 amide bonds. The third-order valence-electron chi connectivity index (χ3n) is 3.30. The highest BCUT2D eigenvalue weighted by Crippen LogP contribution is 2.19. The third-order valence-corrected chi connectivity index (χ3v) is 3.30. The van der Waals surface area contributed by atoms with Gasteiger partial charge in [-0.05, 0) is 31.9 Å². The lowest BCUT2D eigenvalue weighted by atomic mass is 10.2. The zero-order valence-electron chi connectivity index (χ0n) is 12.4. The average molecular weight is 280 g/mol. The molecule has 1 aromatic heterocycles. The molecule has 1 aliphatic rings. The smallest absolute Gasteiger partial charge is 0.142 e. The van der Waals surface area contributed by atoms with Crippen LogP contribution in [0, 0.1) is 6.92 Å². The maximum Gasteiger partial charge on any atom is 0.142 e. The van der Waals surface area contributed by atoms with Gasteiger partial charge in [0.05, 0.1) is 18.4 Å². The van der Waals surface area contributed by atoms with Crippen molar-refractivity contribution in [2.75, 3.05) is 33.5 Å². The summed E-state index contributed by atoms with van der Waals surface area (Å²) in [6.07, 6.45) is 2.44. The van der Waals surface area contributed by atoms with Gasteiger partial charge in [0.15, 0.2) is 0 Å². The lowest BCUT2D eigenvalue weighted by molar-refractivity contribution is 0.0674. The maximum absolute atomic E-state index is 5.87. The van der Waals surface area contributed by atoms with E-state index in [1.807, 2.05) is 19.1 Å². The predicted octanol–water partition coefficient (Wildman–Crippen LogP) is 1.68. The summed E-state index contributed by atoms with van der Waals surface area (Å²) in [6, 6.07) is 3.97. The van der Waals surface area contributed by atoms with Crippen LogP contribution in [0.25, 0.3) is 0 Å². The molecule has 1 atom stereocenters. The number of hydrogen-bond acceptors (Lipinski definition) is 5. The summed E-state index contributed by atoms with van der Waals surface area (Å²) in [7, 11) is 1.70. The Labute approximate surface area is 120 Å². The van der Waals surface area contributed by atoms with Crippen LogP contribution in [0.2, 0.25) is 0 Å². The molecule has 5 nitrogen and oxygen atoms in total. The Hall–Kier alpha value is -1.17. The fourth-order valence-electron chi connectivity index (χ4n) is 2.20. The number of pyridine rings is 1. The Balaban J connectivity index is 1.88. The van der Waals surface area contributed by atoms with Crippen LogP contribution in [-0.2, 0) is 16.0 Å². The summed E-state index contributed by atoms with van der Waals surface area (Å²) in [6.45, 7) is 5.63. The molecule has 1 fully saturated rings. The van der Waals surface area contributed by atoms with Gasteiger partial charge in [-0.3, -0.25) is 4.98 Å². The van der Waals surface area contributed by atoms with Crippen LogP contribution < -0.4 is 10.1 Å². The minimum Gasteiger partial charge on any atom is -0.489 e. The molecule has 112 valence electrons. The number of aromatic nitrogens is 1. The Morgan fingerprint density at radius 1 is 1.45 bits per heavy atom. The first-order valence-corrected chi connectivity index (χ1v) is 7.20. The number of rotatable bonds is 8. The summed E-state index contributed by atoms with van der Waals surface area (Å²) in [5.74, 6) is 0.844. The maximum atomic E-state index is 5.87. The van der Waals surface area contributed by atoms with Gasteiger partial charge in [0.1, 0.15) is 12.4 Å². The van der Waals surface area contributed by atoms with Crippen molar-refractivity contribution in [3.05, 3.63) is 23.5 Å². The van der Waals surface area contributed by atoms with Crippen molar-refractivity contribution in [1.29, 1.82) is 0 Å². The van der Waals surface area contributed by atoms with Crippen molar-refractivity contribution >= 4 is 0 Å². The highest BCUT2D eigenvalue weighted by atomic mass is 16.5. The van der Waals surface area contributed by atoms with Crippen LogP contribution in [0.4, 0.5) is 0 Å². The van der Waals surface area contributed by atoms with Crippen LogP contribution in [0.1, 0.15) is 24.2 Å². The molecule has 0 bridgehead atoms. The van der Waals surface area contributed by atoms with Gasteiger partial charge in [-0.25, -0.2) is 0 Å². The van der Waals surface area contributed by atoms with Crippen LogP contribution in [0.5, 0.6) is 5.75 Å². The fourth-order valence-corrected chi connectivity index (χ4v) is 2.20. The zero-order valence-corrected chi connectivity index (χ0v) is 12.4. The normalized spacial score (nSPS) is 18.4. The number of nitrogens with zero attached hydrogens (tertiary/aromatic N) is 1. The standard InChI is InChI=1S/C15H24N2O3/c1-12-5-6-15(20-11-13-4-3-8-19-13)14(17-12)10-16-7-9-18-2/h5-6,13,16H,3-4,7-11H2,1-2H3. The quantitative estimate of drug-likeness (QED) is 0.734. The van der Waals surface area contributed by atoms with E-state index in [9.17, 15) is 0 Å². The molecule has 0 aliphatic carbocycles. The number of ether oxygens (including phenoxy) is 3. The fraction of sp³-hybridized carbons (Fsp3) is 0.667. The second kappa shape index (κ2) is 8.19. The molecule has 2 heterocycles. The summed E-state index contributed by atoms with van der Waals surface area (Å²) >= 11 is 0. The van der Waals surface area contributed by atoms with Gasteiger partial charge in [0, 0.05) is 32.5 Å². The Morgan fingerprint density at radius 3 is 3.10 bits per heavy atom. The molecule has 1 saturated heterocycles. The first-order chi connectivity index (χ1) is 9.79. The minimum absolute atomic E-state index is 0.227. The molecule has 2 rings (SSSR count). The predicted molar refractivity (Wildman–Crippen MR) is 77.0 cm³/mol. The molecule has 1 unspecified atom stereocenters. The van der Waals surface area contributed by atoms with Crippen molar-refractivity contribution in [1.82, 2.24) is 10.3 Å². The van der Waals surface area contributed by atoms with E-state index < -0.39 is 0 Å². The Bertz CT molecular complexity index is 406. The van der Waals surface area contributed by atoms with Crippen molar-refractivity contribution in [3.63, 3.8) is 0 Å². The van der Waals surface area contributed by atoms with Crippen LogP contribution in [-0.4, -0.2) is 44.6 Å². The van der Waals surface area contributed by atoms with Crippen molar-refractivity contribution in [2.24, 2.45) is 0 Å². The van der Waals surface area contributed by atoms with Gasteiger partial charge in [0.25, 0.3) is 0 Å². The molecule has 1 N–H and O–H groups in total. The van der Waals surface area contributed by atoms with E-state index in [2.05, 4.69) is 10.3 Å². The van der Waals surface area contributed by atoms with E-state index >= 15 is 0 Å². The molecular formula is C15H24N2O3. The molecule has 0 spiro atoms. The SMILES string of the molecule is COCCNCc1nc(C)ccc1OCC1CCCO1. The van der Waals surface area contributed by atoms with Gasteiger partial charge < -0.3 is 19.5 Å². The van der Waals surface area contributed by atoms with E-state index in [4.69, 9.17) is 14.2 Å². The highest BCUT2D eigenvalue weighted by Gasteiger charge is 2.17. The summed E-state index contributed by atoms with van der Waals surface area (Å²) in [5.41, 5.74) is 1.94. The zero-order chi connectivity index (χ0) is 14.2. The largest absolute Gasteiger partial charge is 0.489 e. The van der Waals surface area contributed by atoms with Crippen LogP contribution >= 0.6 is 0 Å². The van der Waals surface area contributed by atoms with Crippen LogP contribution in [0.3, 0.4) is 0 Å². The summed E-state index contributed by atoms with van der Waals surface area (Å²) in [4.78, 5) is 4.55. The Morgan fingerprint density at radius 2 is 2.35 bits per heavy atom. The van der Waals surface area contributed by atoms with Crippen LogP contribution in [0.15, 0.2) is 12.1 Å². The molecule has 0 aromatic carbocycles. The minimum atomic E-state index is 0.227. The van der Waals surface area contributed by atoms with E-state index in [1.54, 1.807) is 7.11 Å². The van der Waals surface area contributed by atoms with Gasteiger partial charge >= 0.3 is 0 Å². The van der Waals surface area contributed by atoms with Crippen molar-refractivity contribution in [3.8, 4) is 5.75 Å². The summed E-state index contributed by atoms with van der Waals surface area (Å²) < 4.78 is 16.5. The van der Waals surface area contributed by atoms with Crippen molar-refractivity contribution in [2.45, 2.75) is 32.4 Å². The Kier molecular flexibility index (Phi) is 6.24.